The highest BCUT2D eigenvalue weighted by atomic mass is 35.5. The van der Waals surface area contributed by atoms with E-state index >= 15 is 0 Å². The van der Waals surface area contributed by atoms with Gasteiger partial charge < -0.3 is 10.1 Å². The van der Waals surface area contributed by atoms with Gasteiger partial charge in [-0.1, -0.05) is 60.1 Å². The van der Waals surface area contributed by atoms with E-state index < -0.39 is 16.1 Å². The van der Waals surface area contributed by atoms with Gasteiger partial charge >= 0.3 is 0 Å². The van der Waals surface area contributed by atoms with Crippen LogP contribution in [0.4, 0.5) is 5.69 Å². The molecule has 0 saturated carbocycles. The second kappa shape index (κ2) is 9.00. The molecule has 0 unspecified atom stereocenters. The van der Waals surface area contributed by atoms with Crippen molar-refractivity contribution in [1.29, 1.82) is 0 Å². The highest BCUT2D eigenvalue weighted by molar-refractivity contribution is 7.92. The Balaban J connectivity index is 1.38. The number of halogens is 1. The van der Waals surface area contributed by atoms with Gasteiger partial charge in [-0.2, -0.15) is 0 Å². The predicted octanol–water partition coefficient (Wildman–Crippen LogP) is 4.77. The first kappa shape index (κ1) is 22.3. The fourth-order valence-electron chi connectivity index (χ4n) is 3.95. The zero-order valence-corrected chi connectivity index (χ0v) is 19.6. The molecule has 1 aliphatic heterocycles. The Morgan fingerprint density at radius 3 is 2.44 bits per heavy atom. The molecule has 0 spiro atoms. The molecule has 5 rings (SSSR count). The number of fused-ring (bicyclic) bond motifs is 2. The summed E-state index contributed by atoms with van der Waals surface area (Å²) >= 11 is 5.93. The van der Waals surface area contributed by atoms with Crippen LogP contribution >= 0.6 is 11.6 Å². The van der Waals surface area contributed by atoms with Crippen LogP contribution in [0, 0.1) is 0 Å². The number of hydrogen-bond donors (Lipinski definition) is 1. The number of para-hydroxylation sites is 2. The Bertz CT molecular complexity index is 1470. The van der Waals surface area contributed by atoms with Crippen molar-refractivity contribution < 1.29 is 17.9 Å². The molecule has 34 heavy (non-hydrogen) atoms. The second-order valence-corrected chi connectivity index (χ2v) is 10.3. The monoisotopic (exact) mass is 492 g/mol. The summed E-state index contributed by atoms with van der Waals surface area (Å²) in [7, 11) is -3.94. The molecule has 0 saturated heterocycles. The van der Waals surface area contributed by atoms with E-state index in [4.69, 9.17) is 16.3 Å². The van der Waals surface area contributed by atoms with Crippen molar-refractivity contribution in [3.8, 4) is 5.75 Å². The summed E-state index contributed by atoms with van der Waals surface area (Å²) in [5.41, 5.74) is 1.32. The van der Waals surface area contributed by atoms with E-state index in [0.717, 1.165) is 16.3 Å². The number of sulfonamides is 1. The average Bonchev–Trinajstić information content (AvgIpc) is 2.86. The molecule has 172 valence electrons. The Morgan fingerprint density at radius 1 is 0.941 bits per heavy atom. The van der Waals surface area contributed by atoms with Crippen LogP contribution in [-0.2, 0) is 21.4 Å². The highest BCUT2D eigenvalue weighted by Gasteiger charge is 2.37. The van der Waals surface area contributed by atoms with Crippen LogP contribution in [-0.4, -0.2) is 27.0 Å². The second-order valence-electron chi connectivity index (χ2n) is 7.96. The quantitative estimate of drug-likeness (QED) is 0.435. The first-order valence-corrected chi connectivity index (χ1v) is 12.5. The van der Waals surface area contributed by atoms with Gasteiger partial charge in [0.1, 0.15) is 5.75 Å². The van der Waals surface area contributed by atoms with Gasteiger partial charge in [-0.25, -0.2) is 8.42 Å². The minimum absolute atomic E-state index is 0.0870. The van der Waals surface area contributed by atoms with Crippen molar-refractivity contribution in [1.82, 2.24) is 5.32 Å². The van der Waals surface area contributed by atoms with Gasteiger partial charge in [0, 0.05) is 11.6 Å². The number of nitrogens with zero attached hydrogens (tertiary/aromatic N) is 1. The van der Waals surface area contributed by atoms with Gasteiger partial charge in [-0.05, 0) is 58.8 Å². The van der Waals surface area contributed by atoms with E-state index in [1.165, 1.54) is 28.6 Å². The molecule has 1 heterocycles. The van der Waals surface area contributed by atoms with Gasteiger partial charge in [0.2, 0.25) is 0 Å². The third-order valence-corrected chi connectivity index (χ3v) is 7.76. The van der Waals surface area contributed by atoms with Crippen LogP contribution in [0.2, 0.25) is 5.02 Å². The molecule has 0 aliphatic carbocycles. The predicted molar refractivity (Wildman–Crippen MR) is 133 cm³/mol. The van der Waals surface area contributed by atoms with E-state index in [9.17, 15) is 13.2 Å². The molecule has 6 nitrogen and oxygen atoms in total. The number of hydrogen-bond acceptors (Lipinski definition) is 4. The lowest BCUT2D eigenvalue weighted by atomic mass is 10.1. The molecule has 8 heteroatoms. The number of anilines is 1. The molecule has 1 amide bonds. The Kier molecular flexibility index (Phi) is 5.89. The van der Waals surface area contributed by atoms with E-state index in [-0.39, 0.29) is 17.3 Å². The minimum atomic E-state index is -3.94. The normalized spacial score (nSPS) is 15.4. The summed E-state index contributed by atoms with van der Waals surface area (Å²) in [6.45, 7) is 0.153. The van der Waals surface area contributed by atoms with Crippen molar-refractivity contribution >= 4 is 44.0 Å². The molecule has 0 bridgehead atoms. The Morgan fingerprint density at radius 2 is 1.65 bits per heavy atom. The number of carbonyl (C=O) groups is 1. The van der Waals surface area contributed by atoms with Crippen LogP contribution in [0.15, 0.2) is 95.9 Å². The third kappa shape index (κ3) is 4.32. The zero-order valence-electron chi connectivity index (χ0n) is 18.0. The topological polar surface area (TPSA) is 75.7 Å². The molecule has 0 radical (unpaired) electrons. The number of carbonyl (C=O) groups excluding carboxylic acids is 1. The first-order valence-electron chi connectivity index (χ1n) is 10.7. The van der Waals surface area contributed by atoms with E-state index in [2.05, 4.69) is 5.32 Å². The Hall–Kier alpha value is -3.55. The van der Waals surface area contributed by atoms with Crippen molar-refractivity contribution in [3.05, 3.63) is 102 Å². The fraction of sp³-hybridized carbons (Fsp3) is 0.115. The average molecular weight is 493 g/mol. The van der Waals surface area contributed by atoms with Crippen molar-refractivity contribution in [3.63, 3.8) is 0 Å². The molecule has 4 aromatic carbocycles. The lowest BCUT2D eigenvalue weighted by Crippen LogP contribution is -2.50. The molecule has 1 aliphatic rings. The van der Waals surface area contributed by atoms with Crippen LogP contribution in [0.1, 0.15) is 5.56 Å². The maximum Gasteiger partial charge on any atom is 0.264 e. The van der Waals surface area contributed by atoms with Gasteiger partial charge in [-0.3, -0.25) is 9.10 Å². The standard InChI is InChI=1S/C26H21ClN2O4S/c27-21-11-13-22(14-12-21)34(31,32)29-17-25(33-24-8-4-3-7-23(24)29)26(30)28-16-18-9-10-19-5-1-2-6-20(19)15-18/h1-15,25H,16-17H2,(H,28,30)/t25-/m1/s1. The van der Waals surface area contributed by atoms with Crippen LogP contribution < -0.4 is 14.4 Å². The first-order chi connectivity index (χ1) is 16.4. The summed E-state index contributed by atoms with van der Waals surface area (Å²) < 4.78 is 34.0. The highest BCUT2D eigenvalue weighted by Crippen LogP contribution is 2.37. The van der Waals surface area contributed by atoms with Gasteiger partial charge in [0.05, 0.1) is 17.1 Å². The summed E-state index contributed by atoms with van der Waals surface area (Å²) in [4.78, 5) is 13.1. The van der Waals surface area contributed by atoms with Gasteiger partial charge in [0.25, 0.3) is 15.9 Å². The van der Waals surface area contributed by atoms with E-state index in [1.54, 1.807) is 24.3 Å². The number of ether oxygens (including phenoxy) is 1. The molecular weight excluding hydrogens is 472 g/mol. The van der Waals surface area contributed by atoms with Crippen molar-refractivity contribution in [2.24, 2.45) is 0 Å². The van der Waals surface area contributed by atoms with Gasteiger partial charge in [-0.15, -0.1) is 0 Å². The molecule has 1 atom stereocenters. The van der Waals surface area contributed by atoms with Crippen molar-refractivity contribution in [2.75, 3.05) is 10.8 Å². The summed E-state index contributed by atoms with van der Waals surface area (Å²) in [5, 5.41) is 5.52. The lowest BCUT2D eigenvalue weighted by molar-refractivity contribution is -0.127. The molecule has 4 aromatic rings. The SMILES string of the molecule is O=C(NCc1ccc2ccccc2c1)[C@H]1CN(S(=O)(=O)c2ccc(Cl)cc2)c2ccccc2O1. The fourth-order valence-corrected chi connectivity index (χ4v) is 5.55. The molecule has 0 fully saturated rings. The van der Waals surface area contributed by atoms with Crippen LogP contribution in [0.25, 0.3) is 10.8 Å². The summed E-state index contributed by atoms with van der Waals surface area (Å²) in [6.07, 6.45) is -1.00. The summed E-state index contributed by atoms with van der Waals surface area (Å²) in [6, 6.07) is 26.7. The van der Waals surface area contributed by atoms with Crippen LogP contribution in [0.5, 0.6) is 5.75 Å². The number of amides is 1. The van der Waals surface area contributed by atoms with E-state index in [1.807, 2.05) is 42.5 Å². The number of nitrogens with one attached hydrogen (secondary N) is 1. The van der Waals surface area contributed by atoms with Crippen LogP contribution in [0.3, 0.4) is 0 Å². The maximum atomic E-state index is 13.4. The zero-order chi connectivity index (χ0) is 23.7. The van der Waals surface area contributed by atoms with Crippen molar-refractivity contribution in [2.45, 2.75) is 17.5 Å². The minimum Gasteiger partial charge on any atom is -0.476 e. The lowest BCUT2D eigenvalue weighted by Gasteiger charge is -2.34. The molecule has 0 aromatic heterocycles. The summed E-state index contributed by atoms with van der Waals surface area (Å²) in [5.74, 6) is -0.0592. The number of rotatable bonds is 5. The maximum absolute atomic E-state index is 13.4. The Labute approximate surface area is 202 Å². The molecular formula is C26H21ClN2O4S. The largest absolute Gasteiger partial charge is 0.476 e. The van der Waals surface area contributed by atoms with Gasteiger partial charge in [0.15, 0.2) is 6.10 Å². The third-order valence-electron chi connectivity index (χ3n) is 5.71. The number of benzene rings is 4. The molecule has 1 N–H and O–H groups in total. The van der Waals surface area contributed by atoms with E-state index in [0.29, 0.717) is 23.0 Å². The smallest absolute Gasteiger partial charge is 0.264 e.